The molecule has 2 N–H and O–H groups in total. The summed E-state index contributed by atoms with van der Waals surface area (Å²) in [5.74, 6) is 0.108. The second-order valence-corrected chi connectivity index (χ2v) is 4.72. The van der Waals surface area contributed by atoms with Crippen molar-refractivity contribution in [3.63, 3.8) is 0 Å². The van der Waals surface area contributed by atoms with Gasteiger partial charge in [0.2, 0.25) is 0 Å². The lowest BCUT2D eigenvalue weighted by molar-refractivity contribution is -0.112. The molecule has 0 aliphatic rings. The van der Waals surface area contributed by atoms with E-state index in [4.69, 9.17) is 9.68 Å². The summed E-state index contributed by atoms with van der Waals surface area (Å²) >= 11 is 0. The van der Waals surface area contributed by atoms with Gasteiger partial charge in [0.25, 0.3) is 5.91 Å². The van der Waals surface area contributed by atoms with Crippen LogP contribution in [0.3, 0.4) is 0 Å². The van der Waals surface area contributed by atoms with Gasteiger partial charge in [-0.25, -0.2) is 0 Å². The van der Waals surface area contributed by atoms with Crippen molar-refractivity contribution in [2.24, 2.45) is 0 Å². The van der Waals surface area contributed by atoms with E-state index in [0.717, 1.165) is 0 Å². The zero-order chi connectivity index (χ0) is 16.7. The average Bonchev–Trinajstić information content (AvgIpc) is 3.05. The van der Waals surface area contributed by atoms with Crippen molar-refractivity contribution < 1.29 is 14.0 Å². The summed E-state index contributed by atoms with van der Waals surface area (Å²) in [6.45, 7) is 1.84. The summed E-state index contributed by atoms with van der Waals surface area (Å²) in [7, 11) is 0. The van der Waals surface area contributed by atoms with Crippen LogP contribution in [0.2, 0.25) is 0 Å². The maximum absolute atomic E-state index is 12.0. The second kappa shape index (κ2) is 7.61. The highest BCUT2D eigenvalue weighted by molar-refractivity contribution is 6.06. The first-order valence-corrected chi connectivity index (χ1v) is 6.88. The molecular weight excluding hydrogens is 294 g/mol. The number of hydrogen-bond donors (Lipinski definition) is 2. The predicted molar refractivity (Wildman–Crippen MR) is 84.3 cm³/mol. The maximum atomic E-state index is 12.0. The quantitative estimate of drug-likeness (QED) is 0.486. The van der Waals surface area contributed by atoms with Gasteiger partial charge in [-0.2, -0.15) is 5.26 Å². The van der Waals surface area contributed by atoms with Crippen LogP contribution >= 0.6 is 0 Å². The normalized spacial score (nSPS) is 10.7. The molecule has 0 aliphatic heterocycles. The van der Waals surface area contributed by atoms with Gasteiger partial charge in [0.1, 0.15) is 17.4 Å². The first kappa shape index (κ1) is 16.0. The number of rotatable bonds is 6. The Kier molecular flexibility index (Phi) is 5.31. The molecule has 1 amide bonds. The van der Waals surface area contributed by atoms with Gasteiger partial charge in [0.15, 0.2) is 5.78 Å². The Bertz CT molecular complexity index is 753. The van der Waals surface area contributed by atoms with Gasteiger partial charge < -0.3 is 15.1 Å². The number of carbonyl (C=O) groups is 2. The van der Waals surface area contributed by atoms with E-state index in [1.54, 1.807) is 42.7 Å². The molecule has 116 valence electrons. The van der Waals surface area contributed by atoms with E-state index in [1.807, 2.05) is 6.07 Å². The Balaban J connectivity index is 1.96. The van der Waals surface area contributed by atoms with Crippen molar-refractivity contribution in [1.29, 1.82) is 5.26 Å². The van der Waals surface area contributed by atoms with Crippen molar-refractivity contribution in [1.82, 2.24) is 5.32 Å². The van der Waals surface area contributed by atoms with Crippen molar-refractivity contribution >= 4 is 17.4 Å². The number of Topliss-reactive ketones (excluding diaryl/α,β-unsaturated/α-hetero) is 1. The molecule has 6 heteroatoms. The zero-order valence-electron chi connectivity index (χ0n) is 12.5. The van der Waals surface area contributed by atoms with Crippen LogP contribution in [0, 0.1) is 11.3 Å². The average molecular weight is 309 g/mol. The Morgan fingerprint density at radius 1 is 1.26 bits per heavy atom. The lowest BCUT2D eigenvalue weighted by Crippen LogP contribution is -2.16. The molecule has 1 aromatic carbocycles. The predicted octanol–water partition coefficient (Wildman–Crippen LogP) is 2.62. The van der Waals surface area contributed by atoms with E-state index in [1.165, 1.54) is 13.1 Å². The van der Waals surface area contributed by atoms with E-state index < -0.39 is 5.91 Å². The molecule has 0 saturated carbocycles. The number of nitriles is 1. The van der Waals surface area contributed by atoms with Gasteiger partial charge in [-0.15, -0.1) is 0 Å². The summed E-state index contributed by atoms with van der Waals surface area (Å²) in [6, 6.07) is 11.8. The van der Waals surface area contributed by atoms with Crippen molar-refractivity contribution in [3.8, 4) is 6.07 Å². The summed E-state index contributed by atoms with van der Waals surface area (Å²) in [6.07, 6.45) is 2.88. The van der Waals surface area contributed by atoms with Crippen LogP contribution in [-0.2, 0) is 11.3 Å². The molecule has 6 nitrogen and oxygen atoms in total. The van der Waals surface area contributed by atoms with Gasteiger partial charge >= 0.3 is 0 Å². The standard InChI is InChI=1S/C17H15N3O3/c1-12(21)13-4-6-15(7-5-13)20-17(22)14(9-18)10-19-11-16-3-2-8-23-16/h2-8,10,19H,11H2,1H3,(H,20,22)/b14-10-. The molecule has 23 heavy (non-hydrogen) atoms. The highest BCUT2D eigenvalue weighted by Gasteiger charge is 2.09. The van der Waals surface area contributed by atoms with Crippen LogP contribution in [0.25, 0.3) is 0 Å². The third-order valence-corrected chi connectivity index (χ3v) is 3.02. The summed E-state index contributed by atoms with van der Waals surface area (Å²) in [5.41, 5.74) is 0.999. The van der Waals surface area contributed by atoms with E-state index >= 15 is 0 Å². The summed E-state index contributed by atoms with van der Waals surface area (Å²) < 4.78 is 5.13. The fourth-order valence-corrected chi connectivity index (χ4v) is 1.80. The van der Waals surface area contributed by atoms with Crippen molar-refractivity contribution in [2.75, 3.05) is 5.32 Å². The van der Waals surface area contributed by atoms with Gasteiger partial charge in [0.05, 0.1) is 12.8 Å². The largest absolute Gasteiger partial charge is 0.467 e. The zero-order valence-corrected chi connectivity index (χ0v) is 12.5. The minimum absolute atomic E-state index is 0.0531. The number of amides is 1. The minimum atomic E-state index is -0.532. The monoisotopic (exact) mass is 309 g/mol. The Hall–Kier alpha value is -3.33. The number of ketones is 1. The third kappa shape index (κ3) is 4.58. The van der Waals surface area contributed by atoms with Crippen molar-refractivity contribution in [2.45, 2.75) is 13.5 Å². The molecule has 2 aromatic rings. The minimum Gasteiger partial charge on any atom is -0.467 e. The van der Waals surface area contributed by atoms with Crippen LogP contribution < -0.4 is 10.6 Å². The number of nitrogens with zero attached hydrogens (tertiary/aromatic N) is 1. The van der Waals surface area contributed by atoms with Crippen LogP contribution in [0.1, 0.15) is 23.0 Å². The number of nitrogens with one attached hydrogen (secondary N) is 2. The lowest BCUT2D eigenvalue weighted by atomic mass is 10.1. The molecule has 0 radical (unpaired) electrons. The van der Waals surface area contributed by atoms with Crippen molar-refractivity contribution in [3.05, 3.63) is 65.8 Å². The van der Waals surface area contributed by atoms with Gasteiger partial charge in [-0.1, -0.05) is 0 Å². The number of furan rings is 1. The van der Waals surface area contributed by atoms with Crippen LogP contribution in [-0.4, -0.2) is 11.7 Å². The topological polar surface area (TPSA) is 95.1 Å². The number of carbonyl (C=O) groups excluding carboxylic acids is 2. The van der Waals surface area contributed by atoms with Gasteiger partial charge in [0, 0.05) is 17.5 Å². The van der Waals surface area contributed by atoms with Crippen LogP contribution in [0.5, 0.6) is 0 Å². The number of hydrogen-bond acceptors (Lipinski definition) is 5. The first-order valence-electron chi connectivity index (χ1n) is 6.88. The first-order chi connectivity index (χ1) is 11.1. The fraction of sp³-hybridized carbons (Fsp3) is 0.118. The second-order valence-electron chi connectivity index (χ2n) is 4.72. The molecule has 1 heterocycles. The molecule has 0 aliphatic carbocycles. The fourth-order valence-electron chi connectivity index (χ4n) is 1.80. The molecule has 0 spiro atoms. The SMILES string of the molecule is CC(=O)c1ccc(NC(=O)/C(C#N)=C\NCc2ccco2)cc1. The smallest absolute Gasteiger partial charge is 0.267 e. The number of anilines is 1. The summed E-state index contributed by atoms with van der Waals surface area (Å²) in [4.78, 5) is 23.2. The van der Waals surface area contributed by atoms with E-state index in [0.29, 0.717) is 23.6 Å². The highest BCUT2D eigenvalue weighted by Crippen LogP contribution is 2.11. The molecule has 0 atom stereocenters. The maximum Gasteiger partial charge on any atom is 0.267 e. The molecule has 0 saturated heterocycles. The summed E-state index contributed by atoms with van der Waals surface area (Å²) in [5, 5.41) is 14.5. The van der Waals surface area contributed by atoms with Gasteiger partial charge in [-0.3, -0.25) is 9.59 Å². The highest BCUT2D eigenvalue weighted by atomic mass is 16.3. The molecular formula is C17H15N3O3. The Morgan fingerprint density at radius 3 is 2.57 bits per heavy atom. The van der Waals surface area contributed by atoms with E-state index in [2.05, 4.69) is 10.6 Å². The molecule has 0 unspecified atom stereocenters. The third-order valence-electron chi connectivity index (χ3n) is 3.02. The van der Waals surface area contributed by atoms with E-state index in [9.17, 15) is 9.59 Å². The van der Waals surface area contributed by atoms with Crippen LogP contribution in [0.15, 0.2) is 58.9 Å². The molecule has 0 fully saturated rings. The van der Waals surface area contributed by atoms with Gasteiger partial charge in [-0.05, 0) is 43.3 Å². The number of benzene rings is 1. The molecule has 0 bridgehead atoms. The lowest BCUT2D eigenvalue weighted by Gasteiger charge is -2.05. The Labute approximate surface area is 133 Å². The van der Waals surface area contributed by atoms with E-state index in [-0.39, 0.29) is 11.4 Å². The van der Waals surface area contributed by atoms with Crippen LogP contribution in [0.4, 0.5) is 5.69 Å². The molecule has 2 rings (SSSR count). The Morgan fingerprint density at radius 2 is 2.00 bits per heavy atom. The molecule has 1 aromatic heterocycles.